The number of ether oxygens (including phenoxy) is 1. The van der Waals surface area contributed by atoms with Gasteiger partial charge in [0.25, 0.3) is 0 Å². The van der Waals surface area contributed by atoms with Crippen LogP contribution in [-0.2, 0) is 16.1 Å². The highest BCUT2D eigenvalue weighted by Gasteiger charge is 2.55. The molecule has 0 N–H and O–H groups in total. The van der Waals surface area contributed by atoms with E-state index in [0.29, 0.717) is 0 Å². The number of hydrogen-bond donors (Lipinski definition) is 0. The first kappa shape index (κ1) is 17.3. The second-order valence-corrected chi connectivity index (χ2v) is 9.39. The van der Waals surface area contributed by atoms with Gasteiger partial charge in [-0.15, -0.1) is 0 Å². The number of carbonyl (C=O) groups is 1. The van der Waals surface area contributed by atoms with Gasteiger partial charge in [-0.25, -0.2) is 4.79 Å². The first-order chi connectivity index (χ1) is 13.1. The third-order valence-electron chi connectivity index (χ3n) is 7.63. The summed E-state index contributed by atoms with van der Waals surface area (Å²) in [5.74, 6) is 3.07. The maximum atomic E-state index is 13.1. The summed E-state index contributed by atoms with van der Waals surface area (Å²) in [5, 5.41) is 4.40. The van der Waals surface area contributed by atoms with E-state index in [9.17, 15) is 4.79 Å². The minimum Gasteiger partial charge on any atom is -0.496 e. The molecule has 5 aliphatic carbocycles. The lowest BCUT2D eigenvalue weighted by Gasteiger charge is -2.54. The molecule has 4 fully saturated rings. The number of methoxy groups -OCH3 is 1. The van der Waals surface area contributed by atoms with Gasteiger partial charge < -0.3 is 9.57 Å². The van der Waals surface area contributed by atoms with Crippen LogP contribution < -0.4 is 4.74 Å². The fourth-order valence-electron chi connectivity index (χ4n) is 6.77. The molecule has 4 bridgehead atoms. The molecule has 0 radical (unpaired) electrons. The van der Waals surface area contributed by atoms with Crippen LogP contribution in [-0.4, -0.2) is 18.8 Å². The van der Waals surface area contributed by atoms with Crippen molar-refractivity contribution in [3.05, 3.63) is 28.8 Å². The quantitative estimate of drug-likeness (QED) is 0.569. The van der Waals surface area contributed by atoms with Crippen molar-refractivity contribution in [3.8, 4) is 5.75 Å². The molecule has 4 heteroatoms. The van der Waals surface area contributed by atoms with Crippen molar-refractivity contribution < 1.29 is 14.4 Å². The number of carbonyl (C=O) groups excluding carboxylic acids is 1. The lowest BCUT2D eigenvalue weighted by atomic mass is 9.49. The summed E-state index contributed by atoms with van der Waals surface area (Å²) >= 11 is 0. The SMILES string of the molecule is COc1ccc2c(c1C)CCCC2=NOC(=O)C12CC3CC(CC(C3)C1)C2. The minimum atomic E-state index is -0.244. The van der Waals surface area contributed by atoms with E-state index in [4.69, 9.17) is 9.57 Å². The molecular weight excluding hydrogens is 338 g/mol. The van der Waals surface area contributed by atoms with Gasteiger partial charge in [-0.2, -0.15) is 0 Å². The Hall–Kier alpha value is -1.84. The van der Waals surface area contributed by atoms with Crippen molar-refractivity contribution in [1.82, 2.24) is 0 Å². The summed E-state index contributed by atoms with van der Waals surface area (Å²) in [6, 6.07) is 4.06. The molecule has 1 aromatic rings. The maximum Gasteiger partial charge on any atom is 0.341 e. The molecule has 0 atom stereocenters. The average molecular weight is 367 g/mol. The van der Waals surface area contributed by atoms with Crippen LogP contribution in [0.1, 0.15) is 68.1 Å². The van der Waals surface area contributed by atoms with Crippen LogP contribution in [0.5, 0.6) is 5.75 Å². The Morgan fingerprint density at radius 1 is 1.07 bits per heavy atom. The van der Waals surface area contributed by atoms with Crippen LogP contribution in [0, 0.1) is 30.1 Å². The van der Waals surface area contributed by atoms with Gasteiger partial charge in [0, 0.05) is 5.56 Å². The molecule has 0 heterocycles. The van der Waals surface area contributed by atoms with Crippen molar-refractivity contribution in [1.29, 1.82) is 0 Å². The summed E-state index contributed by atoms with van der Waals surface area (Å²) in [7, 11) is 1.71. The summed E-state index contributed by atoms with van der Waals surface area (Å²) in [6.07, 6.45) is 9.99. The van der Waals surface area contributed by atoms with Crippen molar-refractivity contribution in [2.24, 2.45) is 28.3 Å². The molecule has 0 unspecified atom stereocenters. The van der Waals surface area contributed by atoms with Gasteiger partial charge in [-0.05, 0) is 106 Å². The fourth-order valence-corrected chi connectivity index (χ4v) is 6.77. The molecule has 4 saturated carbocycles. The molecule has 27 heavy (non-hydrogen) atoms. The van der Waals surface area contributed by atoms with Gasteiger partial charge in [0.1, 0.15) is 5.75 Å². The van der Waals surface area contributed by atoms with Crippen molar-refractivity contribution in [2.75, 3.05) is 7.11 Å². The Labute approximate surface area is 161 Å². The maximum absolute atomic E-state index is 13.1. The first-order valence-corrected chi connectivity index (χ1v) is 10.5. The highest BCUT2D eigenvalue weighted by atomic mass is 16.7. The van der Waals surface area contributed by atoms with E-state index >= 15 is 0 Å². The lowest BCUT2D eigenvalue weighted by Crippen LogP contribution is -2.50. The van der Waals surface area contributed by atoms with Crippen LogP contribution in [0.3, 0.4) is 0 Å². The lowest BCUT2D eigenvalue weighted by molar-refractivity contribution is -0.171. The van der Waals surface area contributed by atoms with Crippen LogP contribution in [0.25, 0.3) is 0 Å². The summed E-state index contributed by atoms with van der Waals surface area (Å²) in [4.78, 5) is 18.7. The third kappa shape index (κ3) is 2.79. The predicted molar refractivity (Wildman–Crippen MR) is 104 cm³/mol. The number of benzene rings is 1. The second-order valence-electron chi connectivity index (χ2n) is 9.39. The molecule has 0 amide bonds. The average Bonchev–Trinajstić information content (AvgIpc) is 2.65. The number of hydrogen-bond acceptors (Lipinski definition) is 4. The molecule has 4 nitrogen and oxygen atoms in total. The Balaban J connectivity index is 1.38. The zero-order chi connectivity index (χ0) is 18.6. The third-order valence-corrected chi connectivity index (χ3v) is 7.63. The predicted octanol–water partition coefficient (Wildman–Crippen LogP) is 4.80. The van der Waals surface area contributed by atoms with Gasteiger partial charge in [0.15, 0.2) is 0 Å². The Morgan fingerprint density at radius 2 is 1.74 bits per heavy atom. The van der Waals surface area contributed by atoms with Gasteiger partial charge in [-0.3, -0.25) is 0 Å². The number of oxime groups is 1. The standard InChI is InChI=1S/C23H29NO3/c1-14-18-4-3-5-20(19(18)6-7-21(14)26-2)24-27-22(25)23-11-15-8-16(12-23)10-17(9-15)13-23/h6-7,15-17H,3-5,8-13H2,1-2H3. The van der Waals surface area contributed by atoms with E-state index in [0.717, 1.165) is 73.3 Å². The highest BCUT2D eigenvalue weighted by Crippen LogP contribution is 2.60. The number of fused-ring (bicyclic) bond motifs is 1. The zero-order valence-corrected chi connectivity index (χ0v) is 16.4. The largest absolute Gasteiger partial charge is 0.496 e. The fraction of sp³-hybridized carbons (Fsp3) is 0.652. The molecule has 0 aromatic heterocycles. The summed E-state index contributed by atoms with van der Waals surface area (Å²) < 4.78 is 5.46. The molecule has 0 aliphatic heterocycles. The van der Waals surface area contributed by atoms with E-state index in [1.807, 2.05) is 6.07 Å². The van der Waals surface area contributed by atoms with Gasteiger partial charge in [0.2, 0.25) is 0 Å². The van der Waals surface area contributed by atoms with Crippen LogP contribution in [0.2, 0.25) is 0 Å². The minimum absolute atomic E-state index is 0.0635. The zero-order valence-electron chi connectivity index (χ0n) is 16.4. The molecule has 5 aliphatic rings. The smallest absolute Gasteiger partial charge is 0.341 e. The van der Waals surface area contributed by atoms with Crippen molar-refractivity contribution in [2.45, 2.75) is 64.7 Å². The Morgan fingerprint density at radius 3 is 2.37 bits per heavy atom. The molecule has 0 spiro atoms. The molecule has 1 aromatic carbocycles. The summed E-state index contributed by atoms with van der Waals surface area (Å²) in [5.41, 5.74) is 4.25. The topological polar surface area (TPSA) is 47.9 Å². The van der Waals surface area contributed by atoms with Crippen LogP contribution >= 0.6 is 0 Å². The molecular formula is C23H29NO3. The van der Waals surface area contributed by atoms with Gasteiger partial charge >= 0.3 is 5.97 Å². The highest BCUT2D eigenvalue weighted by molar-refractivity contribution is 6.03. The van der Waals surface area contributed by atoms with Crippen molar-refractivity contribution in [3.63, 3.8) is 0 Å². The Kier molecular flexibility index (Phi) is 4.06. The van der Waals surface area contributed by atoms with E-state index < -0.39 is 0 Å². The monoisotopic (exact) mass is 367 g/mol. The second kappa shape index (κ2) is 6.35. The van der Waals surface area contributed by atoms with Crippen LogP contribution in [0.4, 0.5) is 0 Å². The first-order valence-electron chi connectivity index (χ1n) is 10.5. The van der Waals surface area contributed by atoms with E-state index in [2.05, 4.69) is 18.1 Å². The molecule has 144 valence electrons. The van der Waals surface area contributed by atoms with Crippen molar-refractivity contribution >= 4 is 11.7 Å². The van der Waals surface area contributed by atoms with E-state index in [1.54, 1.807) is 7.11 Å². The number of nitrogens with zero attached hydrogens (tertiary/aromatic N) is 1. The normalized spacial score (nSPS) is 35.2. The number of rotatable bonds is 3. The van der Waals surface area contributed by atoms with E-state index in [-0.39, 0.29) is 11.4 Å². The van der Waals surface area contributed by atoms with E-state index in [1.165, 1.54) is 30.4 Å². The summed E-state index contributed by atoms with van der Waals surface area (Å²) in [6.45, 7) is 2.10. The Bertz CT molecular complexity index is 775. The van der Waals surface area contributed by atoms with Gasteiger partial charge in [-0.1, -0.05) is 5.16 Å². The molecule has 0 saturated heterocycles. The van der Waals surface area contributed by atoms with Gasteiger partial charge in [0.05, 0.1) is 18.2 Å². The van der Waals surface area contributed by atoms with Crippen LogP contribution in [0.15, 0.2) is 17.3 Å². The molecule has 6 rings (SSSR count).